The zero-order valence-electron chi connectivity index (χ0n) is 19.8. The van der Waals surface area contributed by atoms with Crippen molar-refractivity contribution in [1.29, 1.82) is 0 Å². The van der Waals surface area contributed by atoms with E-state index in [0.29, 0.717) is 24.1 Å². The first kappa shape index (κ1) is 24.1. The fraction of sp³-hybridized carbons (Fsp3) is 0.385. The molecule has 2 aromatic carbocycles. The Bertz CT molecular complexity index is 1170. The molecule has 4 aromatic rings. The van der Waals surface area contributed by atoms with Crippen molar-refractivity contribution in [2.45, 2.75) is 59.1 Å². The lowest BCUT2D eigenvalue weighted by Crippen LogP contribution is -2.10. The summed E-state index contributed by atoms with van der Waals surface area (Å²) in [5.74, 6) is 1.61. The second-order valence-corrected chi connectivity index (χ2v) is 8.70. The Kier molecular flexibility index (Phi) is 8.44. The highest BCUT2D eigenvalue weighted by atomic mass is 35.5. The molecule has 0 fully saturated rings. The molecule has 1 N–H and O–H groups in total. The van der Waals surface area contributed by atoms with Gasteiger partial charge in [-0.3, -0.25) is 0 Å². The van der Waals surface area contributed by atoms with Gasteiger partial charge < -0.3 is 9.30 Å². The minimum Gasteiger partial charge on any atom is -0.375 e. The summed E-state index contributed by atoms with van der Waals surface area (Å²) in [4.78, 5) is 4.67. The summed E-state index contributed by atoms with van der Waals surface area (Å²) in [6.45, 7) is 6.27. The number of aromatic nitrogens is 6. The SMILES string of the molecule is CCCCOCc1c(Cl)nc(CCCC)n1Cc1ccc(-c2ccccc2-c2nn[nH]n2)cc1. The highest BCUT2D eigenvalue weighted by molar-refractivity contribution is 6.30. The van der Waals surface area contributed by atoms with Crippen LogP contribution in [0.15, 0.2) is 48.5 Å². The van der Waals surface area contributed by atoms with Crippen molar-refractivity contribution < 1.29 is 4.74 Å². The van der Waals surface area contributed by atoms with E-state index in [1.165, 1.54) is 5.56 Å². The summed E-state index contributed by atoms with van der Waals surface area (Å²) in [6, 6.07) is 16.7. The van der Waals surface area contributed by atoms with Crippen LogP contribution in [0.5, 0.6) is 0 Å². The molecule has 34 heavy (non-hydrogen) atoms. The van der Waals surface area contributed by atoms with Gasteiger partial charge in [0.15, 0.2) is 5.15 Å². The number of benzene rings is 2. The Hall–Kier alpha value is -3.03. The van der Waals surface area contributed by atoms with Gasteiger partial charge in [0, 0.05) is 25.1 Å². The minimum atomic E-state index is 0.480. The van der Waals surface area contributed by atoms with Crippen LogP contribution in [0, 0.1) is 0 Å². The highest BCUT2D eigenvalue weighted by Gasteiger charge is 2.17. The maximum Gasteiger partial charge on any atom is 0.205 e. The first-order valence-electron chi connectivity index (χ1n) is 11.9. The molecule has 0 bridgehead atoms. The zero-order valence-corrected chi connectivity index (χ0v) is 20.6. The third kappa shape index (κ3) is 5.72. The number of hydrogen-bond donors (Lipinski definition) is 1. The van der Waals surface area contributed by atoms with Gasteiger partial charge in [-0.2, -0.15) is 5.21 Å². The van der Waals surface area contributed by atoms with Crippen LogP contribution in [0.2, 0.25) is 5.15 Å². The van der Waals surface area contributed by atoms with Crippen LogP contribution in [0.4, 0.5) is 0 Å². The van der Waals surface area contributed by atoms with Gasteiger partial charge in [0.25, 0.3) is 0 Å². The largest absolute Gasteiger partial charge is 0.375 e. The van der Waals surface area contributed by atoms with Gasteiger partial charge in [-0.1, -0.05) is 86.8 Å². The van der Waals surface area contributed by atoms with E-state index in [1.807, 2.05) is 18.2 Å². The monoisotopic (exact) mass is 478 g/mol. The van der Waals surface area contributed by atoms with E-state index in [4.69, 9.17) is 16.3 Å². The zero-order chi connectivity index (χ0) is 23.8. The maximum absolute atomic E-state index is 6.55. The van der Waals surface area contributed by atoms with E-state index in [0.717, 1.165) is 66.9 Å². The average Bonchev–Trinajstić information content (AvgIpc) is 3.50. The van der Waals surface area contributed by atoms with E-state index in [-0.39, 0.29) is 0 Å². The lowest BCUT2D eigenvalue weighted by atomic mass is 9.98. The normalized spacial score (nSPS) is 11.3. The summed E-state index contributed by atoms with van der Waals surface area (Å²) in [5.41, 5.74) is 5.24. The number of hydrogen-bond acceptors (Lipinski definition) is 5. The molecule has 0 saturated heterocycles. The maximum atomic E-state index is 6.55. The van der Waals surface area contributed by atoms with Gasteiger partial charge in [-0.05, 0) is 34.7 Å². The van der Waals surface area contributed by atoms with Crippen molar-refractivity contribution in [3.8, 4) is 22.5 Å². The highest BCUT2D eigenvalue weighted by Crippen LogP contribution is 2.30. The molecule has 0 saturated carbocycles. The van der Waals surface area contributed by atoms with Gasteiger partial charge >= 0.3 is 0 Å². The summed E-state index contributed by atoms with van der Waals surface area (Å²) in [6.07, 6.45) is 5.25. The van der Waals surface area contributed by atoms with Crippen LogP contribution < -0.4 is 0 Å². The molecular weight excluding hydrogens is 448 g/mol. The number of nitrogens with zero attached hydrogens (tertiary/aromatic N) is 5. The van der Waals surface area contributed by atoms with Crippen LogP contribution in [-0.4, -0.2) is 36.8 Å². The first-order chi connectivity index (χ1) is 16.7. The molecule has 0 aliphatic carbocycles. The molecular formula is C26H31ClN6O. The van der Waals surface area contributed by atoms with Crippen molar-refractivity contribution >= 4 is 11.6 Å². The van der Waals surface area contributed by atoms with Crippen molar-refractivity contribution in [1.82, 2.24) is 30.2 Å². The number of H-pyrrole nitrogens is 1. The molecule has 7 nitrogen and oxygen atoms in total. The Morgan fingerprint density at radius 1 is 0.971 bits per heavy atom. The Labute approximate surface area is 205 Å². The molecule has 2 heterocycles. The number of rotatable bonds is 12. The van der Waals surface area contributed by atoms with E-state index in [2.05, 4.69) is 74.4 Å². The second-order valence-electron chi connectivity index (χ2n) is 8.34. The summed E-state index contributed by atoms with van der Waals surface area (Å²) in [5, 5.41) is 15.1. The summed E-state index contributed by atoms with van der Waals surface area (Å²) < 4.78 is 8.13. The predicted octanol–water partition coefficient (Wildman–Crippen LogP) is 6.09. The lowest BCUT2D eigenvalue weighted by molar-refractivity contribution is 0.113. The summed E-state index contributed by atoms with van der Waals surface area (Å²) >= 11 is 6.55. The topological polar surface area (TPSA) is 81.5 Å². The molecule has 0 amide bonds. The summed E-state index contributed by atoms with van der Waals surface area (Å²) in [7, 11) is 0. The van der Waals surface area contributed by atoms with Crippen LogP contribution in [0.1, 0.15) is 56.6 Å². The number of nitrogens with one attached hydrogen (secondary N) is 1. The van der Waals surface area contributed by atoms with Crippen LogP contribution in [-0.2, 0) is 24.3 Å². The lowest BCUT2D eigenvalue weighted by Gasteiger charge is -2.14. The molecule has 0 unspecified atom stereocenters. The fourth-order valence-electron chi connectivity index (χ4n) is 3.95. The molecule has 4 rings (SSSR count). The van der Waals surface area contributed by atoms with Crippen LogP contribution in [0.25, 0.3) is 22.5 Å². The van der Waals surface area contributed by atoms with Gasteiger partial charge in [-0.25, -0.2) is 4.98 Å². The predicted molar refractivity (Wildman–Crippen MR) is 135 cm³/mol. The van der Waals surface area contributed by atoms with Crippen molar-refractivity contribution in [3.63, 3.8) is 0 Å². The van der Waals surface area contributed by atoms with Gasteiger partial charge in [0.1, 0.15) is 5.82 Å². The first-order valence-corrected chi connectivity index (χ1v) is 12.3. The number of halogens is 1. The molecule has 8 heteroatoms. The molecule has 0 spiro atoms. The quantitative estimate of drug-likeness (QED) is 0.249. The van der Waals surface area contributed by atoms with Crippen molar-refractivity contribution in [3.05, 3.63) is 70.8 Å². The molecule has 0 aliphatic heterocycles. The smallest absolute Gasteiger partial charge is 0.205 e. The number of aromatic amines is 1. The average molecular weight is 479 g/mol. The van der Waals surface area contributed by atoms with Gasteiger partial charge in [0.05, 0.1) is 12.3 Å². The third-order valence-electron chi connectivity index (χ3n) is 5.86. The molecule has 0 atom stereocenters. The van der Waals surface area contributed by atoms with Crippen molar-refractivity contribution in [2.75, 3.05) is 6.61 Å². The van der Waals surface area contributed by atoms with Crippen LogP contribution >= 0.6 is 11.6 Å². The number of tetrazole rings is 1. The van der Waals surface area contributed by atoms with Crippen LogP contribution in [0.3, 0.4) is 0 Å². The van der Waals surface area contributed by atoms with E-state index in [1.54, 1.807) is 0 Å². The number of aryl methyl sites for hydroxylation is 1. The molecule has 0 radical (unpaired) electrons. The number of imidazole rings is 1. The Morgan fingerprint density at radius 2 is 1.74 bits per heavy atom. The van der Waals surface area contributed by atoms with Crippen molar-refractivity contribution in [2.24, 2.45) is 0 Å². The standard InChI is InChI=1S/C26H31ClN6O/c1-3-5-11-24-28-25(27)23(18-34-16-6-4-2)33(24)17-19-12-14-20(15-13-19)21-9-7-8-10-22(21)26-29-31-32-30-26/h7-10,12-15H,3-6,11,16-18H2,1-2H3,(H,29,30,31,32). The number of ether oxygens (including phenoxy) is 1. The molecule has 178 valence electrons. The second kappa shape index (κ2) is 11.9. The van der Waals surface area contributed by atoms with E-state index < -0.39 is 0 Å². The van der Waals surface area contributed by atoms with Gasteiger partial charge in [-0.15, -0.1) is 10.2 Å². The minimum absolute atomic E-state index is 0.480. The Balaban J connectivity index is 1.58. The van der Waals surface area contributed by atoms with Gasteiger partial charge in [0.2, 0.25) is 5.82 Å². The fourth-order valence-corrected chi connectivity index (χ4v) is 4.20. The molecule has 0 aliphatic rings. The Morgan fingerprint density at radius 3 is 2.44 bits per heavy atom. The molecule has 2 aromatic heterocycles. The third-order valence-corrected chi connectivity index (χ3v) is 6.16. The van der Waals surface area contributed by atoms with E-state index in [9.17, 15) is 0 Å². The van der Waals surface area contributed by atoms with E-state index >= 15 is 0 Å². The number of unbranched alkanes of at least 4 members (excludes halogenated alkanes) is 2.